The summed E-state index contributed by atoms with van der Waals surface area (Å²) in [5, 5.41) is 18.6. The molecule has 5 nitrogen and oxygen atoms in total. The van der Waals surface area contributed by atoms with Crippen LogP contribution >= 0.6 is 11.6 Å². The van der Waals surface area contributed by atoms with Crippen LogP contribution in [0.15, 0.2) is 5.16 Å². The van der Waals surface area contributed by atoms with Crippen molar-refractivity contribution < 1.29 is 5.21 Å². The molecule has 0 bridgehead atoms. The second-order valence-corrected chi connectivity index (χ2v) is 3.81. The molecule has 14 heavy (non-hydrogen) atoms. The lowest BCUT2D eigenvalue weighted by atomic mass is 10.1. The first-order valence-corrected chi connectivity index (χ1v) is 4.79. The molecule has 0 aliphatic heterocycles. The number of nitrogens with zero attached hydrogens (tertiary/aromatic N) is 2. The van der Waals surface area contributed by atoms with E-state index in [-0.39, 0.29) is 5.84 Å². The molecule has 1 saturated carbocycles. The Bertz CT molecular complexity index is 369. The van der Waals surface area contributed by atoms with Gasteiger partial charge in [0.2, 0.25) is 0 Å². The summed E-state index contributed by atoms with van der Waals surface area (Å²) >= 11 is 5.88. The van der Waals surface area contributed by atoms with Crippen LogP contribution < -0.4 is 5.73 Å². The second kappa shape index (κ2) is 3.49. The van der Waals surface area contributed by atoms with Crippen LogP contribution in [0.4, 0.5) is 0 Å². The average Bonchev–Trinajstić information content (AvgIpc) is 2.95. The molecule has 0 saturated heterocycles. The number of amidine groups is 1. The Labute approximate surface area is 85.9 Å². The summed E-state index contributed by atoms with van der Waals surface area (Å²) in [7, 11) is 0. The van der Waals surface area contributed by atoms with Gasteiger partial charge >= 0.3 is 0 Å². The summed E-state index contributed by atoms with van der Waals surface area (Å²) in [6.07, 6.45) is 2.65. The Hall–Kier alpha value is -1.23. The van der Waals surface area contributed by atoms with Crippen molar-refractivity contribution >= 4 is 17.4 Å². The molecular formula is C8H11ClN4O. The third kappa shape index (κ3) is 1.68. The molecule has 0 radical (unpaired) electrons. The van der Waals surface area contributed by atoms with Crippen molar-refractivity contribution in [1.82, 2.24) is 10.2 Å². The fourth-order valence-electron chi connectivity index (χ4n) is 1.45. The van der Waals surface area contributed by atoms with E-state index in [1.54, 1.807) is 0 Å². The van der Waals surface area contributed by atoms with Crippen LogP contribution in [0.1, 0.15) is 30.0 Å². The Morgan fingerprint density at radius 1 is 1.71 bits per heavy atom. The summed E-state index contributed by atoms with van der Waals surface area (Å²) in [5.74, 6) is 0.673. The molecule has 1 aromatic heterocycles. The highest BCUT2D eigenvalue weighted by Crippen LogP contribution is 2.41. The zero-order valence-electron chi connectivity index (χ0n) is 7.50. The van der Waals surface area contributed by atoms with E-state index >= 15 is 0 Å². The SMILES string of the molecule is N/C(Cc1c(Cl)n[nH]c1C1CC1)=N\O. The zero-order valence-corrected chi connectivity index (χ0v) is 8.25. The van der Waals surface area contributed by atoms with Gasteiger partial charge in [-0.2, -0.15) is 5.10 Å². The van der Waals surface area contributed by atoms with Gasteiger partial charge in [0.1, 0.15) is 5.84 Å². The van der Waals surface area contributed by atoms with Gasteiger partial charge in [0.25, 0.3) is 0 Å². The Morgan fingerprint density at radius 3 is 3.00 bits per heavy atom. The Kier molecular flexibility index (Phi) is 2.33. The van der Waals surface area contributed by atoms with Gasteiger partial charge in [0, 0.05) is 23.6 Å². The number of rotatable bonds is 3. The molecule has 0 aromatic carbocycles. The highest BCUT2D eigenvalue weighted by atomic mass is 35.5. The predicted octanol–water partition coefficient (Wildman–Crippen LogP) is 1.23. The molecule has 1 aliphatic carbocycles. The Morgan fingerprint density at radius 2 is 2.43 bits per heavy atom. The smallest absolute Gasteiger partial charge is 0.154 e. The van der Waals surface area contributed by atoms with Gasteiger partial charge in [-0.15, -0.1) is 0 Å². The molecule has 1 aromatic rings. The molecule has 6 heteroatoms. The molecule has 0 atom stereocenters. The second-order valence-electron chi connectivity index (χ2n) is 3.45. The number of nitrogens with two attached hydrogens (primary N) is 1. The fourth-order valence-corrected chi connectivity index (χ4v) is 1.66. The average molecular weight is 215 g/mol. The lowest BCUT2D eigenvalue weighted by Crippen LogP contribution is -2.15. The third-order valence-electron chi connectivity index (χ3n) is 2.32. The quantitative estimate of drug-likeness (QED) is 0.306. The van der Waals surface area contributed by atoms with Crippen molar-refractivity contribution in [2.24, 2.45) is 10.9 Å². The molecule has 2 rings (SSSR count). The van der Waals surface area contributed by atoms with E-state index in [1.165, 1.54) is 0 Å². The number of hydrogen-bond donors (Lipinski definition) is 3. The highest BCUT2D eigenvalue weighted by Gasteiger charge is 2.29. The van der Waals surface area contributed by atoms with Gasteiger partial charge in [-0.25, -0.2) is 0 Å². The summed E-state index contributed by atoms with van der Waals surface area (Å²) in [6.45, 7) is 0. The number of oxime groups is 1. The van der Waals surface area contributed by atoms with Crippen LogP contribution in [0.2, 0.25) is 5.15 Å². The highest BCUT2D eigenvalue weighted by molar-refractivity contribution is 6.30. The van der Waals surface area contributed by atoms with E-state index in [2.05, 4.69) is 15.4 Å². The van der Waals surface area contributed by atoms with Crippen LogP contribution in [-0.2, 0) is 6.42 Å². The van der Waals surface area contributed by atoms with Gasteiger partial charge < -0.3 is 10.9 Å². The Balaban J connectivity index is 2.25. The van der Waals surface area contributed by atoms with Crippen LogP contribution in [0.3, 0.4) is 0 Å². The first kappa shape index (κ1) is 9.33. The molecular weight excluding hydrogens is 204 g/mol. The minimum absolute atomic E-state index is 0.148. The molecule has 0 amide bonds. The lowest BCUT2D eigenvalue weighted by molar-refractivity contribution is 0.317. The van der Waals surface area contributed by atoms with Gasteiger partial charge in [0.15, 0.2) is 5.15 Å². The van der Waals surface area contributed by atoms with E-state index in [4.69, 9.17) is 22.5 Å². The number of aromatic nitrogens is 2. The van der Waals surface area contributed by atoms with Crippen molar-refractivity contribution in [2.45, 2.75) is 25.2 Å². The molecule has 0 spiro atoms. The molecule has 1 aliphatic rings. The van der Waals surface area contributed by atoms with E-state index in [9.17, 15) is 0 Å². The summed E-state index contributed by atoms with van der Waals surface area (Å²) < 4.78 is 0. The molecule has 1 fully saturated rings. The minimum Gasteiger partial charge on any atom is -0.409 e. The molecule has 76 valence electrons. The van der Waals surface area contributed by atoms with Crippen LogP contribution in [0.5, 0.6) is 0 Å². The maximum absolute atomic E-state index is 8.46. The monoisotopic (exact) mass is 214 g/mol. The number of aromatic amines is 1. The fraction of sp³-hybridized carbons (Fsp3) is 0.500. The van der Waals surface area contributed by atoms with Gasteiger partial charge in [-0.3, -0.25) is 5.10 Å². The largest absolute Gasteiger partial charge is 0.409 e. The third-order valence-corrected chi connectivity index (χ3v) is 2.63. The predicted molar refractivity (Wildman–Crippen MR) is 52.7 cm³/mol. The van der Waals surface area contributed by atoms with E-state index in [0.717, 1.165) is 24.1 Å². The van der Waals surface area contributed by atoms with Crippen molar-refractivity contribution in [3.8, 4) is 0 Å². The topological polar surface area (TPSA) is 87.3 Å². The van der Waals surface area contributed by atoms with Crippen LogP contribution in [0, 0.1) is 0 Å². The van der Waals surface area contributed by atoms with Gasteiger partial charge in [-0.1, -0.05) is 16.8 Å². The maximum atomic E-state index is 8.46. The van der Waals surface area contributed by atoms with E-state index in [0.29, 0.717) is 17.5 Å². The van der Waals surface area contributed by atoms with Gasteiger partial charge in [-0.05, 0) is 12.8 Å². The summed E-state index contributed by atoms with van der Waals surface area (Å²) in [6, 6.07) is 0. The van der Waals surface area contributed by atoms with Crippen molar-refractivity contribution in [3.05, 3.63) is 16.4 Å². The van der Waals surface area contributed by atoms with Crippen LogP contribution in [-0.4, -0.2) is 21.2 Å². The molecule has 4 N–H and O–H groups in total. The number of halogens is 1. The van der Waals surface area contributed by atoms with E-state index < -0.39 is 0 Å². The minimum atomic E-state index is 0.148. The van der Waals surface area contributed by atoms with Gasteiger partial charge in [0.05, 0.1) is 0 Å². The standard InChI is InChI=1S/C8H11ClN4O/c9-8-5(3-6(10)13-14)7(11-12-8)4-1-2-4/h4,14H,1-3H2,(H2,10,13)(H,11,12). The number of H-pyrrole nitrogens is 1. The number of hydrogen-bond acceptors (Lipinski definition) is 3. The number of nitrogens with one attached hydrogen (secondary N) is 1. The zero-order chi connectivity index (χ0) is 10.1. The molecule has 1 heterocycles. The van der Waals surface area contributed by atoms with Crippen molar-refractivity contribution in [2.75, 3.05) is 0 Å². The normalized spacial score (nSPS) is 17.4. The van der Waals surface area contributed by atoms with Crippen molar-refractivity contribution in [1.29, 1.82) is 0 Å². The van der Waals surface area contributed by atoms with Crippen LogP contribution in [0.25, 0.3) is 0 Å². The first-order valence-electron chi connectivity index (χ1n) is 4.41. The summed E-state index contributed by atoms with van der Waals surface area (Å²) in [5.41, 5.74) is 7.30. The molecule has 0 unspecified atom stereocenters. The van der Waals surface area contributed by atoms with E-state index in [1.807, 2.05) is 0 Å². The lowest BCUT2D eigenvalue weighted by Gasteiger charge is -2.00. The van der Waals surface area contributed by atoms with Crippen molar-refractivity contribution in [3.63, 3.8) is 0 Å². The summed E-state index contributed by atoms with van der Waals surface area (Å²) in [4.78, 5) is 0. The first-order chi connectivity index (χ1) is 6.72. The maximum Gasteiger partial charge on any atom is 0.154 e.